The van der Waals surface area contributed by atoms with Crippen LogP contribution in [0.1, 0.15) is 31.7 Å². The fourth-order valence-electron chi connectivity index (χ4n) is 2.73. The average molecular weight is 285 g/mol. The Morgan fingerprint density at radius 2 is 2.15 bits per heavy atom. The van der Waals surface area contributed by atoms with Gasteiger partial charge in [-0.2, -0.15) is 0 Å². The van der Waals surface area contributed by atoms with Gasteiger partial charge in [0.2, 0.25) is 0 Å². The number of nitrogens with zero attached hydrogens (tertiary/aromatic N) is 1. The highest BCUT2D eigenvalue weighted by molar-refractivity contribution is 7.80. The van der Waals surface area contributed by atoms with Crippen LogP contribution in [-0.2, 0) is 0 Å². The van der Waals surface area contributed by atoms with Crippen LogP contribution < -0.4 is 11.1 Å². The molecule has 1 aliphatic rings. The van der Waals surface area contributed by atoms with E-state index in [2.05, 4.69) is 17.2 Å². The van der Waals surface area contributed by atoms with Crippen LogP contribution in [0.25, 0.3) is 10.9 Å². The molecule has 0 saturated heterocycles. The fourth-order valence-corrected chi connectivity index (χ4v) is 2.90. The monoisotopic (exact) mass is 285 g/mol. The maximum Gasteiger partial charge on any atom is 0.127 e. The predicted octanol–water partition coefficient (Wildman–Crippen LogP) is 3.47. The molecule has 1 aromatic heterocycles. The molecule has 1 aromatic carbocycles. The van der Waals surface area contributed by atoms with Crippen LogP contribution in [0.5, 0.6) is 0 Å². The van der Waals surface area contributed by atoms with Crippen molar-refractivity contribution in [3.63, 3.8) is 0 Å². The fraction of sp³-hybridized carbons (Fsp3) is 0.375. The van der Waals surface area contributed by atoms with E-state index in [9.17, 15) is 0 Å². The number of pyridine rings is 1. The number of hydrogen-bond donors (Lipinski definition) is 2. The summed E-state index contributed by atoms with van der Waals surface area (Å²) in [4.78, 5) is 5.07. The topological polar surface area (TPSA) is 50.9 Å². The molecule has 1 saturated carbocycles. The van der Waals surface area contributed by atoms with Gasteiger partial charge in [0.1, 0.15) is 10.8 Å². The summed E-state index contributed by atoms with van der Waals surface area (Å²) in [6, 6.07) is 9.93. The summed E-state index contributed by atoms with van der Waals surface area (Å²) in [5, 5.41) is 4.46. The quantitative estimate of drug-likeness (QED) is 0.845. The third kappa shape index (κ3) is 2.48. The van der Waals surface area contributed by atoms with Gasteiger partial charge >= 0.3 is 0 Å². The molecule has 0 aliphatic heterocycles. The summed E-state index contributed by atoms with van der Waals surface area (Å²) in [5.74, 6) is 0.861. The maximum atomic E-state index is 5.84. The molecule has 1 fully saturated rings. The Hall–Kier alpha value is -1.68. The van der Waals surface area contributed by atoms with Gasteiger partial charge in [0, 0.05) is 17.5 Å². The van der Waals surface area contributed by atoms with E-state index in [0.29, 0.717) is 10.4 Å². The minimum absolute atomic E-state index is 0.413. The minimum Gasteiger partial charge on any atom is -0.389 e. The Kier molecular flexibility index (Phi) is 3.34. The number of thiocarbonyl (C=S) groups is 1. The molecule has 0 atom stereocenters. The number of nitrogens with two attached hydrogens (primary N) is 1. The molecule has 3 rings (SSSR count). The first-order valence-corrected chi connectivity index (χ1v) is 7.42. The van der Waals surface area contributed by atoms with Gasteiger partial charge in [-0.05, 0) is 30.4 Å². The van der Waals surface area contributed by atoms with Gasteiger partial charge in [0.05, 0.1) is 5.52 Å². The SMILES string of the molecule is CC1(CNc2cc(C(N)=S)c3ccccc3n2)CCC1. The van der Waals surface area contributed by atoms with Crippen LogP contribution in [0.4, 0.5) is 5.82 Å². The Labute approximate surface area is 124 Å². The third-order valence-corrected chi connectivity index (χ3v) is 4.46. The van der Waals surface area contributed by atoms with Crippen LogP contribution in [0, 0.1) is 5.41 Å². The van der Waals surface area contributed by atoms with Crippen LogP contribution in [0.15, 0.2) is 30.3 Å². The molecule has 0 spiro atoms. The van der Waals surface area contributed by atoms with Gasteiger partial charge in [0.25, 0.3) is 0 Å². The summed E-state index contributed by atoms with van der Waals surface area (Å²) in [6.45, 7) is 3.27. The molecule has 1 heterocycles. The second kappa shape index (κ2) is 5.02. The Bertz CT molecular complexity index is 662. The second-order valence-corrected chi connectivity index (χ2v) is 6.39. The van der Waals surface area contributed by atoms with Gasteiger partial charge in [-0.25, -0.2) is 4.98 Å². The van der Waals surface area contributed by atoms with Crippen molar-refractivity contribution in [1.29, 1.82) is 0 Å². The van der Waals surface area contributed by atoms with E-state index >= 15 is 0 Å². The Morgan fingerprint density at radius 3 is 2.80 bits per heavy atom. The number of hydrogen-bond acceptors (Lipinski definition) is 3. The van der Waals surface area contributed by atoms with Crippen molar-refractivity contribution in [3.05, 3.63) is 35.9 Å². The number of fused-ring (bicyclic) bond motifs is 1. The van der Waals surface area contributed by atoms with Crippen molar-refractivity contribution in [2.75, 3.05) is 11.9 Å². The standard InChI is InChI=1S/C16H19N3S/c1-16(7-4-8-16)10-18-14-9-12(15(17)20)11-5-2-3-6-13(11)19-14/h2-3,5-6,9H,4,7-8,10H2,1H3,(H2,17,20)(H,18,19). The molecule has 0 radical (unpaired) electrons. The molecule has 0 unspecified atom stereocenters. The van der Waals surface area contributed by atoms with Crippen molar-refractivity contribution < 1.29 is 0 Å². The highest BCUT2D eigenvalue weighted by atomic mass is 32.1. The lowest BCUT2D eigenvalue weighted by Gasteiger charge is -2.38. The van der Waals surface area contributed by atoms with Gasteiger partial charge in [-0.1, -0.05) is 43.8 Å². The van der Waals surface area contributed by atoms with Crippen LogP contribution in [0.3, 0.4) is 0 Å². The normalized spacial score (nSPS) is 16.6. The summed E-state index contributed by atoms with van der Waals surface area (Å²) in [7, 11) is 0. The van der Waals surface area contributed by atoms with Gasteiger partial charge in [-0.15, -0.1) is 0 Å². The molecule has 1 aliphatic carbocycles. The van der Waals surface area contributed by atoms with Crippen molar-refractivity contribution in [2.45, 2.75) is 26.2 Å². The van der Waals surface area contributed by atoms with Crippen molar-refractivity contribution in [1.82, 2.24) is 4.98 Å². The van der Waals surface area contributed by atoms with Gasteiger partial charge in [-0.3, -0.25) is 0 Å². The third-order valence-electron chi connectivity index (χ3n) is 4.24. The van der Waals surface area contributed by atoms with E-state index in [0.717, 1.165) is 28.8 Å². The number of para-hydroxylation sites is 1. The second-order valence-electron chi connectivity index (χ2n) is 5.95. The van der Waals surface area contributed by atoms with E-state index in [1.54, 1.807) is 0 Å². The number of nitrogens with one attached hydrogen (secondary N) is 1. The lowest BCUT2D eigenvalue weighted by molar-refractivity contribution is 0.180. The summed E-state index contributed by atoms with van der Waals surface area (Å²) in [6.07, 6.45) is 3.91. The van der Waals surface area contributed by atoms with E-state index in [1.165, 1.54) is 19.3 Å². The first kappa shape index (κ1) is 13.3. The Morgan fingerprint density at radius 1 is 1.40 bits per heavy atom. The molecule has 3 nitrogen and oxygen atoms in total. The van der Waals surface area contributed by atoms with Gasteiger partial charge in [0.15, 0.2) is 0 Å². The Balaban J connectivity index is 1.93. The largest absolute Gasteiger partial charge is 0.389 e. The highest BCUT2D eigenvalue weighted by Crippen LogP contribution is 2.40. The number of benzene rings is 1. The molecule has 0 bridgehead atoms. The predicted molar refractivity (Wildman–Crippen MR) is 88.1 cm³/mol. The molecule has 104 valence electrons. The first-order valence-electron chi connectivity index (χ1n) is 7.01. The highest BCUT2D eigenvalue weighted by Gasteiger charge is 2.31. The average Bonchev–Trinajstić information content (AvgIpc) is 2.42. The zero-order chi connectivity index (χ0) is 14.2. The van der Waals surface area contributed by atoms with Crippen LogP contribution >= 0.6 is 12.2 Å². The molecule has 4 heteroatoms. The van der Waals surface area contributed by atoms with E-state index < -0.39 is 0 Å². The van der Waals surface area contributed by atoms with Gasteiger partial charge < -0.3 is 11.1 Å². The summed E-state index contributed by atoms with van der Waals surface area (Å²) >= 11 is 5.16. The molecular weight excluding hydrogens is 266 g/mol. The molecule has 2 aromatic rings. The number of aromatic nitrogens is 1. The van der Waals surface area contributed by atoms with Crippen molar-refractivity contribution in [3.8, 4) is 0 Å². The maximum absolute atomic E-state index is 5.84. The van der Waals surface area contributed by atoms with Crippen LogP contribution in [0.2, 0.25) is 0 Å². The van der Waals surface area contributed by atoms with Crippen molar-refractivity contribution >= 4 is 33.9 Å². The molecule has 3 N–H and O–H groups in total. The zero-order valence-electron chi connectivity index (χ0n) is 11.6. The zero-order valence-corrected chi connectivity index (χ0v) is 12.5. The number of anilines is 1. The summed E-state index contributed by atoms with van der Waals surface area (Å²) in [5.41, 5.74) is 8.08. The molecule has 20 heavy (non-hydrogen) atoms. The van der Waals surface area contributed by atoms with E-state index in [1.807, 2.05) is 30.3 Å². The minimum atomic E-state index is 0.413. The first-order chi connectivity index (χ1) is 9.57. The van der Waals surface area contributed by atoms with Crippen molar-refractivity contribution in [2.24, 2.45) is 11.1 Å². The lowest BCUT2D eigenvalue weighted by atomic mass is 9.70. The molecule has 0 amide bonds. The lowest BCUT2D eigenvalue weighted by Crippen LogP contribution is -2.33. The summed E-state index contributed by atoms with van der Waals surface area (Å²) < 4.78 is 0. The molecular formula is C16H19N3S. The van der Waals surface area contributed by atoms with Crippen LogP contribution in [-0.4, -0.2) is 16.5 Å². The smallest absolute Gasteiger partial charge is 0.127 e. The number of rotatable bonds is 4. The van der Waals surface area contributed by atoms with E-state index in [4.69, 9.17) is 18.0 Å². The van der Waals surface area contributed by atoms with E-state index in [-0.39, 0.29) is 0 Å².